The summed E-state index contributed by atoms with van der Waals surface area (Å²) in [5.74, 6) is 0.693. The lowest BCUT2D eigenvalue weighted by Crippen LogP contribution is -2.33. The smallest absolute Gasteiger partial charge is 0.254 e. The molecule has 1 aliphatic rings. The third-order valence-electron chi connectivity index (χ3n) is 4.56. The first kappa shape index (κ1) is 20.4. The molecule has 0 radical (unpaired) electrons. The number of amides is 1. The molecule has 28 heavy (non-hydrogen) atoms. The number of benzene rings is 2. The monoisotopic (exact) mass is 402 g/mol. The van der Waals surface area contributed by atoms with Crippen LogP contribution in [0.1, 0.15) is 42.6 Å². The van der Waals surface area contributed by atoms with Gasteiger partial charge in [-0.05, 0) is 68.7 Å². The molecule has 7 heteroatoms. The summed E-state index contributed by atoms with van der Waals surface area (Å²) in [5.41, 5.74) is 1.52. The van der Waals surface area contributed by atoms with E-state index < -0.39 is 10.0 Å². The second kappa shape index (κ2) is 8.32. The molecule has 0 heterocycles. The molecule has 2 aromatic rings. The number of carbonyl (C=O) groups is 1. The molecule has 0 aliphatic heterocycles. The Morgan fingerprint density at radius 2 is 1.71 bits per heavy atom. The summed E-state index contributed by atoms with van der Waals surface area (Å²) in [6.07, 6.45) is 1.99. The molecule has 0 spiro atoms. The fraction of sp³-hybridized carbons (Fsp3) is 0.381. The van der Waals surface area contributed by atoms with Crippen molar-refractivity contribution in [2.24, 2.45) is 0 Å². The van der Waals surface area contributed by atoms with Crippen LogP contribution >= 0.6 is 0 Å². The van der Waals surface area contributed by atoms with Crippen LogP contribution in [0.2, 0.25) is 0 Å². The van der Waals surface area contributed by atoms with Gasteiger partial charge in [0, 0.05) is 24.2 Å². The highest BCUT2D eigenvalue weighted by Gasteiger charge is 2.33. The predicted octanol–water partition coefficient (Wildman–Crippen LogP) is 3.19. The molecule has 1 aliphatic carbocycles. The Labute approximate surface area is 166 Å². The van der Waals surface area contributed by atoms with Crippen LogP contribution < -0.4 is 9.46 Å². The first-order chi connectivity index (χ1) is 13.3. The average Bonchev–Trinajstić information content (AvgIpc) is 3.50. The average molecular weight is 403 g/mol. The zero-order valence-corrected chi connectivity index (χ0v) is 17.2. The first-order valence-corrected chi connectivity index (χ1v) is 10.8. The van der Waals surface area contributed by atoms with Gasteiger partial charge in [-0.1, -0.05) is 12.1 Å². The molecule has 6 nitrogen and oxygen atoms in total. The van der Waals surface area contributed by atoms with Gasteiger partial charge in [0.1, 0.15) is 5.75 Å². The quantitative estimate of drug-likeness (QED) is 0.736. The van der Waals surface area contributed by atoms with E-state index in [-0.39, 0.29) is 22.9 Å². The van der Waals surface area contributed by atoms with Crippen LogP contribution in [0.3, 0.4) is 0 Å². The van der Waals surface area contributed by atoms with Crippen LogP contribution in [0.5, 0.6) is 5.75 Å². The Hall–Kier alpha value is -2.38. The summed E-state index contributed by atoms with van der Waals surface area (Å²) in [5, 5.41) is 0. The van der Waals surface area contributed by atoms with Crippen molar-refractivity contribution < 1.29 is 17.9 Å². The molecule has 0 aromatic heterocycles. The van der Waals surface area contributed by atoms with E-state index in [2.05, 4.69) is 4.72 Å². The van der Waals surface area contributed by atoms with Gasteiger partial charge in [0.15, 0.2) is 0 Å². The summed E-state index contributed by atoms with van der Waals surface area (Å²) in [4.78, 5) is 15.0. The van der Waals surface area contributed by atoms with E-state index in [9.17, 15) is 13.2 Å². The van der Waals surface area contributed by atoms with Crippen molar-refractivity contribution in [1.82, 2.24) is 9.62 Å². The SMILES string of the molecule is COc1ccc(CN(C(=O)c2ccc(S(=O)(=O)NC(C)C)cc2)C2CC2)cc1. The van der Waals surface area contributed by atoms with Gasteiger partial charge in [0.25, 0.3) is 5.91 Å². The summed E-state index contributed by atoms with van der Waals surface area (Å²) in [6, 6.07) is 13.8. The Kier molecular flexibility index (Phi) is 6.05. The topological polar surface area (TPSA) is 75.7 Å². The Bertz CT molecular complexity index is 918. The first-order valence-electron chi connectivity index (χ1n) is 9.36. The maximum Gasteiger partial charge on any atom is 0.254 e. The minimum absolute atomic E-state index is 0.0842. The number of carbonyl (C=O) groups excluding carboxylic acids is 1. The lowest BCUT2D eigenvalue weighted by atomic mass is 10.1. The maximum absolute atomic E-state index is 13.0. The van der Waals surface area contributed by atoms with Gasteiger partial charge in [-0.25, -0.2) is 13.1 Å². The summed E-state index contributed by atoms with van der Waals surface area (Å²) in [6.45, 7) is 4.05. The van der Waals surface area contributed by atoms with Gasteiger partial charge >= 0.3 is 0 Å². The molecule has 1 amide bonds. The van der Waals surface area contributed by atoms with Crippen molar-refractivity contribution in [2.45, 2.75) is 50.2 Å². The highest BCUT2D eigenvalue weighted by molar-refractivity contribution is 7.89. The Morgan fingerprint density at radius 3 is 2.21 bits per heavy atom. The van der Waals surface area contributed by atoms with Crippen molar-refractivity contribution in [2.75, 3.05) is 7.11 Å². The van der Waals surface area contributed by atoms with Gasteiger partial charge in [-0.2, -0.15) is 0 Å². The van der Waals surface area contributed by atoms with Crippen LogP contribution in [0.15, 0.2) is 53.4 Å². The third kappa shape index (κ3) is 4.91. The number of ether oxygens (including phenoxy) is 1. The predicted molar refractivity (Wildman–Crippen MR) is 108 cm³/mol. The van der Waals surface area contributed by atoms with Gasteiger partial charge in [-0.3, -0.25) is 4.79 Å². The molecule has 150 valence electrons. The van der Waals surface area contributed by atoms with E-state index in [1.807, 2.05) is 29.2 Å². The van der Waals surface area contributed by atoms with Crippen LogP contribution in [-0.4, -0.2) is 38.4 Å². The summed E-state index contributed by atoms with van der Waals surface area (Å²) in [7, 11) is -1.95. The number of hydrogen-bond donors (Lipinski definition) is 1. The van der Waals surface area contributed by atoms with Crippen molar-refractivity contribution in [3.05, 3.63) is 59.7 Å². The van der Waals surface area contributed by atoms with Crippen molar-refractivity contribution in [3.63, 3.8) is 0 Å². The highest BCUT2D eigenvalue weighted by atomic mass is 32.2. The lowest BCUT2D eigenvalue weighted by Gasteiger charge is -2.23. The van der Waals surface area contributed by atoms with E-state index in [1.165, 1.54) is 12.1 Å². The largest absolute Gasteiger partial charge is 0.497 e. The second-order valence-corrected chi connectivity index (χ2v) is 9.03. The number of hydrogen-bond acceptors (Lipinski definition) is 4. The van der Waals surface area contributed by atoms with Gasteiger partial charge in [0.2, 0.25) is 10.0 Å². The fourth-order valence-corrected chi connectivity index (χ4v) is 4.25. The van der Waals surface area contributed by atoms with Crippen LogP contribution in [-0.2, 0) is 16.6 Å². The normalized spacial score (nSPS) is 14.1. The minimum Gasteiger partial charge on any atom is -0.497 e. The second-order valence-electron chi connectivity index (χ2n) is 7.31. The number of sulfonamides is 1. The van der Waals surface area contributed by atoms with Gasteiger partial charge < -0.3 is 9.64 Å². The maximum atomic E-state index is 13.0. The standard InChI is InChI=1S/C21H26N2O4S/c1-15(2)22-28(25,26)20-12-6-17(7-13-20)21(24)23(18-8-9-18)14-16-4-10-19(27-3)11-5-16/h4-7,10-13,15,18,22H,8-9,14H2,1-3H3. The molecule has 0 atom stereocenters. The Balaban J connectivity index is 1.76. The van der Waals surface area contributed by atoms with E-state index in [1.54, 1.807) is 33.1 Å². The summed E-state index contributed by atoms with van der Waals surface area (Å²) < 4.78 is 32.2. The minimum atomic E-state index is -3.57. The van der Waals surface area contributed by atoms with E-state index in [0.29, 0.717) is 12.1 Å². The molecular weight excluding hydrogens is 376 g/mol. The molecule has 0 unspecified atom stereocenters. The number of rotatable bonds is 8. The number of nitrogens with zero attached hydrogens (tertiary/aromatic N) is 1. The van der Waals surface area contributed by atoms with Gasteiger partial charge in [0.05, 0.1) is 12.0 Å². The molecule has 0 saturated heterocycles. The molecule has 2 aromatic carbocycles. The molecule has 1 saturated carbocycles. The third-order valence-corrected chi connectivity index (χ3v) is 6.24. The van der Waals surface area contributed by atoms with E-state index in [0.717, 1.165) is 24.2 Å². The van der Waals surface area contributed by atoms with E-state index in [4.69, 9.17) is 4.74 Å². The lowest BCUT2D eigenvalue weighted by molar-refractivity contribution is 0.0730. The molecule has 1 N–H and O–H groups in total. The van der Waals surface area contributed by atoms with Crippen molar-refractivity contribution >= 4 is 15.9 Å². The zero-order chi connectivity index (χ0) is 20.3. The molecule has 1 fully saturated rings. The molecular formula is C21H26N2O4S. The van der Waals surface area contributed by atoms with Crippen LogP contribution in [0, 0.1) is 0 Å². The van der Waals surface area contributed by atoms with E-state index >= 15 is 0 Å². The highest BCUT2D eigenvalue weighted by Crippen LogP contribution is 2.30. The molecule has 3 rings (SSSR count). The number of nitrogens with one attached hydrogen (secondary N) is 1. The van der Waals surface area contributed by atoms with Crippen molar-refractivity contribution in [3.8, 4) is 5.75 Å². The van der Waals surface area contributed by atoms with Gasteiger partial charge in [-0.15, -0.1) is 0 Å². The molecule has 0 bridgehead atoms. The summed E-state index contributed by atoms with van der Waals surface area (Å²) >= 11 is 0. The zero-order valence-electron chi connectivity index (χ0n) is 16.4. The van der Waals surface area contributed by atoms with Crippen molar-refractivity contribution in [1.29, 1.82) is 0 Å². The Morgan fingerprint density at radius 1 is 1.11 bits per heavy atom. The number of methoxy groups -OCH3 is 1. The van der Waals surface area contributed by atoms with Crippen LogP contribution in [0.4, 0.5) is 0 Å². The van der Waals surface area contributed by atoms with Crippen LogP contribution in [0.25, 0.3) is 0 Å². The fourth-order valence-electron chi connectivity index (χ4n) is 3.00.